The lowest BCUT2D eigenvalue weighted by Gasteiger charge is -2.18. The highest BCUT2D eigenvalue weighted by atomic mass is 16.5. The molecule has 1 heterocycles. The Bertz CT molecular complexity index is 672. The van der Waals surface area contributed by atoms with Crippen molar-refractivity contribution in [3.63, 3.8) is 0 Å². The van der Waals surface area contributed by atoms with Gasteiger partial charge < -0.3 is 15.4 Å². The van der Waals surface area contributed by atoms with Gasteiger partial charge in [-0.25, -0.2) is 0 Å². The van der Waals surface area contributed by atoms with Gasteiger partial charge in [0.25, 0.3) is 5.91 Å². The van der Waals surface area contributed by atoms with Crippen LogP contribution < -0.4 is 5.73 Å². The standard InChI is InChI=1S/C19H22N2O2/c1-23-13-15-9-5-6-10-16(15)19(22)21-11-17(18(20)12-21)14-7-3-2-4-8-14/h2-10,17-18H,11-13,20H2,1H3/t17-,18+/m0/s1. The molecule has 3 rings (SSSR count). The molecule has 2 atom stereocenters. The largest absolute Gasteiger partial charge is 0.380 e. The molecule has 1 amide bonds. The Balaban J connectivity index is 1.80. The molecule has 1 saturated heterocycles. The fourth-order valence-corrected chi connectivity index (χ4v) is 3.23. The predicted octanol–water partition coefficient (Wildman–Crippen LogP) is 2.40. The third kappa shape index (κ3) is 3.28. The molecule has 0 spiro atoms. The van der Waals surface area contributed by atoms with Crippen LogP contribution in [-0.4, -0.2) is 37.0 Å². The molecule has 0 bridgehead atoms. The smallest absolute Gasteiger partial charge is 0.254 e. The van der Waals surface area contributed by atoms with E-state index in [4.69, 9.17) is 10.5 Å². The SMILES string of the molecule is COCc1ccccc1C(=O)N1C[C@@H](N)[C@H](c2ccccc2)C1. The average Bonchev–Trinajstić information content (AvgIpc) is 2.98. The molecule has 0 radical (unpaired) electrons. The van der Waals surface area contributed by atoms with E-state index in [1.165, 1.54) is 5.56 Å². The molecular formula is C19H22N2O2. The van der Waals surface area contributed by atoms with E-state index < -0.39 is 0 Å². The van der Waals surface area contributed by atoms with Crippen LogP contribution in [0.25, 0.3) is 0 Å². The quantitative estimate of drug-likeness (QED) is 0.943. The Morgan fingerprint density at radius 3 is 2.57 bits per heavy atom. The van der Waals surface area contributed by atoms with Gasteiger partial charge in [-0.05, 0) is 17.2 Å². The molecule has 0 aromatic heterocycles. The van der Waals surface area contributed by atoms with Gasteiger partial charge in [0.2, 0.25) is 0 Å². The fraction of sp³-hybridized carbons (Fsp3) is 0.316. The summed E-state index contributed by atoms with van der Waals surface area (Å²) in [5.74, 6) is 0.223. The van der Waals surface area contributed by atoms with Crippen LogP contribution in [0.2, 0.25) is 0 Å². The maximum atomic E-state index is 12.9. The second-order valence-electron chi connectivity index (χ2n) is 5.98. The van der Waals surface area contributed by atoms with Crippen molar-refractivity contribution < 1.29 is 9.53 Å². The number of ether oxygens (including phenoxy) is 1. The van der Waals surface area contributed by atoms with Gasteiger partial charge in [0.15, 0.2) is 0 Å². The normalized spacial score (nSPS) is 20.7. The zero-order chi connectivity index (χ0) is 16.2. The Morgan fingerprint density at radius 2 is 1.83 bits per heavy atom. The van der Waals surface area contributed by atoms with E-state index in [1.54, 1.807) is 7.11 Å². The van der Waals surface area contributed by atoms with E-state index >= 15 is 0 Å². The van der Waals surface area contributed by atoms with Crippen LogP contribution in [0.4, 0.5) is 0 Å². The second kappa shape index (κ2) is 6.94. The number of benzene rings is 2. The number of hydrogen-bond acceptors (Lipinski definition) is 3. The third-order valence-corrected chi connectivity index (χ3v) is 4.43. The lowest BCUT2D eigenvalue weighted by molar-refractivity contribution is 0.0784. The van der Waals surface area contributed by atoms with Crippen LogP contribution in [-0.2, 0) is 11.3 Å². The number of likely N-dealkylation sites (tertiary alicyclic amines) is 1. The predicted molar refractivity (Wildman–Crippen MR) is 90.2 cm³/mol. The number of hydrogen-bond donors (Lipinski definition) is 1. The summed E-state index contributed by atoms with van der Waals surface area (Å²) in [7, 11) is 1.64. The van der Waals surface area contributed by atoms with Crippen LogP contribution >= 0.6 is 0 Å². The minimum Gasteiger partial charge on any atom is -0.380 e. The second-order valence-corrected chi connectivity index (χ2v) is 5.98. The molecule has 120 valence electrons. The fourth-order valence-electron chi connectivity index (χ4n) is 3.23. The van der Waals surface area contributed by atoms with Gasteiger partial charge in [-0.2, -0.15) is 0 Å². The van der Waals surface area contributed by atoms with Gasteiger partial charge in [0.1, 0.15) is 0 Å². The number of methoxy groups -OCH3 is 1. The van der Waals surface area contributed by atoms with Crippen molar-refractivity contribution in [2.45, 2.75) is 18.6 Å². The Kier molecular flexibility index (Phi) is 4.74. The Labute approximate surface area is 136 Å². The topological polar surface area (TPSA) is 55.6 Å². The van der Waals surface area contributed by atoms with Crippen molar-refractivity contribution in [1.29, 1.82) is 0 Å². The summed E-state index contributed by atoms with van der Waals surface area (Å²) in [4.78, 5) is 14.7. The molecule has 2 N–H and O–H groups in total. The number of nitrogens with two attached hydrogens (primary N) is 1. The number of carbonyl (C=O) groups excluding carboxylic acids is 1. The maximum Gasteiger partial charge on any atom is 0.254 e. The zero-order valence-electron chi connectivity index (χ0n) is 13.3. The molecule has 1 fully saturated rings. The van der Waals surface area contributed by atoms with Gasteiger partial charge in [0.05, 0.1) is 6.61 Å². The molecular weight excluding hydrogens is 288 g/mol. The first kappa shape index (κ1) is 15.7. The number of amides is 1. The highest BCUT2D eigenvalue weighted by molar-refractivity contribution is 5.96. The third-order valence-electron chi connectivity index (χ3n) is 4.43. The molecule has 0 aliphatic carbocycles. The van der Waals surface area contributed by atoms with Crippen molar-refractivity contribution in [3.8, 4) is 0 Å². The molecule has 2 aromatic rings. The molecule has 2 aromatic carbocycles. The van der Waals surface area contributed by atoms with Crippen molar-refractivity contribution in [1.82, 2.24) is 4.90 Å². The lowest BCUT2D eigenvalue weighted by atomic mass is 9.95. The maximum absolute atomic E-state index is 12.9. The highest BCUT2D eigenvalue weighted by Crippen LogP contribution is 2.28. The zero-order valence-corrected chi connectivity index (χ0v) is 13.3. The Hall–Kier alpha value is -2.17. The molecule has 0 saturated carbocycles. The van der Waals surface area contributed by atoms with Crippen molar-refractivity contribution in [3.05, 3.63) is 71.3 Å². The number of rotatable bonds is 4. The van der Waals surface area contributed by atoms with Crippen molar-refractivity contribution >= 4 is 5.91 Å². The van der Waals surface area contributed by atoms with Gasteiger partial charge in [-0.1, -0.05) is 48.5 Å². The summed E-state index contributed by atoms with van der Waals surface area (Å²) >= 11 is 0. The summed E-state index contributed by atoms with van der Waals surface area (Å²) in [5.41, 5.74) is 9.11. The molecule has 4 nitrogen and oxygen atoms in total. The molecule has 1 aliphatic rings. The summed E-state index contributed by atoms with van der Waals surface area (Å²) < 4.78 is 5.20. The van der Waals surface area contributed by atoms with Crippen LogP contribution in [0.1, 0.15) is 27.4 Å². The summed E-state index contributed by atoms with van der Waals surface area (Å²) in [5, 5.41) is 0. The van der Waals surface area contributed by atoms with Crippen molar-refractivity contribution in [2.24, 2.45) is 5.73 Å². The lowest BCUT2D eigenvalue weighted by Crippen LogP contribution is -2.32. The summed E-state index contributed by atoms with van der Waals surface area (Å²) in [6.45, 7) is 1.68. The number of carbonyl (C=O) groups is 1. The van der Waals surface area contributed by atoms with Gasteiger partial charge in [-0.3, -0.25) is 4.79 Å². The van der Waals surface area contributed by atoms with Gasteiger partial charge in [0, 0.05) is 37.7 Å². The molecule has 1 aliphatic heterocycles. The molecule has 23 heavy (non-hydrogen) atoms. The molecule has 4 heteroatoms. The first-order chi connectivity index (χ1) is 11.2. The summed E-state index contributed by atoms with van der Waals surface area (Å²) in [6.07, 6.45) is 0. The van der Waals surface area contributed by atoms with E-state index in [0.717, 1.165) is 5.56 Å². The minimum absolute atomic E-state index is 0.0315. The van der Waals surface area contributed by atoms with Crippen LogP contribution in [0.5, 0.6) is 0 Å². The first-order valence-electron chi connectivity index (χ1n) is 7.87. The van der Waals surface area contributed by atoms with E-state index in [-0.39, 0.29) is 17.9 Å². The number of nitrogens with zero attached hydrogens (tertiary/aromatic N) is 1. The minimum atomic E-state index is -0.0315. The van der Waals surface area contributed by atoms with Crippen LogP contribution in [0, 0.1) is 0 Å². The van der Waals surface area contributed by atoms with E-state index in [1.807, 2.05) is 47.4 Å². The van der Waals surface area contributed by atoms with Gasteiger partial charge >= 0.3 is 0 Å². The first-order valence-corrected chi connectivity index (χ1v) is 7.87. The van der Waals surface area contributed by atoms with Crippen LogP contribution in [0.15, 0.2) is 54.6 Å². The van der Waals surface area contributed by atoms with E-state index in [2.05, 4.69) is 12.1 Å². The van der Waals surface area contributed by atoms with E-state index in [0.29, 0.717) is 25.3 Å². The van der Waals surface area contributed by atoms with Crippen molar-refractivity contribution in [2.75, 3.05) is 20.2 Å². The average molecular weight is 310 g/mol. The van der Waals surface area contributed by atoms with Crippen LogP contribution in [0.3, 0.4) is 0 Å². The summed E-state index contributed by atoms with van der Waals surface area (Å²) in [6, 6.07) is 17.8. The monoisotopic (exact) mass is 310 g/mol. The van der Waals surface area contributed by atoms with Gasteiger partial charge in [-0.15, -0.1) is 0 Å². The molecule has 0 unspecified atom stereocenters. The van der Waals surface area contributed by atoms with E-state index in [9.17, 15) is 4.79 Å². The Morgan fingerprint density at radius 1 is 1.13 bits per heavy atom. The highest BCUT2D eigenvalue weighted by Gasteiger charge is 2.34.